The fourth-order valence-electron chi connectivity index (χ4n) is 3.00. The SMILES string of the molecule is CCC(C)NC(=O)CN1CCN(Cc2cccc(S(=O)(=O)N(C)C)c2)CC1. The Kier molecular flexibility index (Phi) is 7.79. The van der Waals surface area contributed by atoms with Crippen LogP contribution in [0.1, 0.15) is 25.8 Å². The molecule has 1 amide bonds. The van der Waals surface area contributed by atoms with Crippen molar-refractivity contribution in [2.45, 2.75) is 37.8 Å². The van der Waals surface area contributed by atoms with E-state index in [0.717, 1.165) is 38.2 Å². The van der Waals surface area contributed by atoms with Crippen molar-refractivity contribution < 1.29 is 13.2 Å². The van der Waals surface area contributed by atoms with Gasteiger partial charge in [0.05, 0.1) is 11.4 Å². The van der Waals surface area contributed by atoms with Crippen LogP contribution in [0.3, 0.4) is 0 Å². The smallest absolute Gasteiger partial charge is 0.242 e. The fraction of sp³-hybridized carbons (Fsp3) is 0.632. The van der Waals surface area contributed by atoms with E-state index in [0.29, 0.717) is 18.0 Å². The quantitative estimate of drug-likeness (QED) is 0.709. The highest BCUT2D eigenvalue weighted by Gasteiger charge is 2.21. The second-order valence-corrected chi connectivity index (χ2v) is 9.52. The molecule has 0 aromatic heterocycles. The van der Waals surface area contributed by atoms with Gasteiger partial charge in [-0.2, -0.15) is 0 Å². The van der Waals surface area contributed by atoms with E-state index >= 15 is 0 Å². The van der Waals surface area contributed by atoms with Crippen LogP contribution in [0, 0.1) is 0 Å². The van der Waals surface area contributed by atoms with E-state index in [1.54, 1.807) is 32.3 Å². The second kappa shape index (κ2) is 9.64. The van der Waals surface area contributed by atoms with Crippen LogP contribution >= 0.6 is 0 Å². The van der Waals surface area contributed by atoms with E-state index in [9.17, 15) is 13.2 Å². The Balaban J connectivity index is 1.87. The lowest BCUT2D eigenvalue weighted by molar-refractivity contribution is -0.123. The molecule has 152 valence electrons. The Labute approximate surface area is 163 Å². The van der Waals surface area contributed by atoms with Gasteiger partial charge in [-0.25, -0.2) is 12.7 Å². The Hall–Kier alpha value is -1.48. The van der Waals surface area contributed by atoms with Crippen molar-refractivity contribution >= 4 is 15.9 Å². The predicted molar refractivity (Wildman–Crippen MR) is 107 cm³/mol. The topological polar surface area (TPSA) is 73.0 Å². The maximum absolute atomic E-state index is 12.3. The molecule has 0 radical (unpaired) electrons. The second-order valence-electron chi connectivity index (χ2n) is 7.36. The number of nitrogens with one attached hydrogen (secondary N) is 1. The number of hydrogen-bond donors (Lipinski definition) is 1. The molecule has 0 aliphatic carbocycles. The van der Waals surface area contributed by atoms with Gasteiger partial charge in [-0.3, -0.25) is 14.6 Å². The van der Waals surface area contributed by atoms with Crippen LogP contribution in [0.15, 0.2) is 29.2 Å². The summed E-state index contributed by atoms with van der Waals surface area (Å²) in [6.45, 7) is 8.62. The molecule has 1 aliphatic rings. The molecule has 1 aromatic carbocycles. The largest absolute Gasteiger partial charge is 0.353 e. The van der Waals surface area contributed by atoms with Gasteiger partial charge in [0, 0.05) is 52.9 Å². The number of nitrogens with zero attached hydrogens (tertiary/aromatic N) is 3. The average molecular weight is 397 g/mol. The summed E-state index contributed by atoms with van der Waals surface area (Å²) in [5, 5.41) is 3.00. The van der Waals surface area contributed by atoms with Crippen molar-refractivity contribution in [3.05, 3.63) is 29.8 Å². The maximum atomic E-state index is 12.3. The lowest BCUT2D eigenvalue weighted by Crippen LogP contribution is -2.49. The molecule has 1 unspecified atom stereocenters. The minimum absolute atomic E-state index is 0.0828. The molecule has 1 aromatic rings. The molecular formula is C19H32N4O3S. The number of amides is 1. The van der Waals surface area contributed by atoms with Crippen molar-refractivity contribution in [2.24, 2.45) is 0 Å². The molecule has 1 N–H and O–H groups in total. The number of rotatable bonds is 8. The molecule has 0 spiro atoms. The molecular weight excluding hydrogens is 364 g/mol. The highest BCUT2D eigenvalue weighted by molar-refractivity contribution is 7.89. The van der Waals surface area contributed by atoms with Gasteiger partial charge in [-0.05, 0) is 31.0 Å². The molecule has 1 saturated heterocycles. The Morgan fingerprint density at radius 2 is 1.81 bits per heavy atom. The highest BCUT2D eigenvalue weighted by atomic mass is 32.2. The third-order valence-electron chi connectivity index (χ3n) is 4.94. The van der Waals surface area contributed by atoms with E-state index in [1.807, 2.05) is 13.0 Å². The minimum atomic E-state index is -3.41. The third kappa shape index (κ3) is 6.27. The molecule has 1 fully saturated rings. The Morgan fingerprint density at radius 1 is 1.19 bits per heavy atom. The van der Waals surface area contributed by atoms with E-state index in [2.05, 4.69) is 22.0 Å². The van der Waals surface area contributed by atoms with Gasteiger partial charge in [0.1, 0.15) is 0 Å². The van der Waals surface area contributed by atoms with Crippen molar-refractivity contribution in [3.63, 3.8) is 0 Å². The predicted octanol–water partition coefficient (Wildman–Crippen LogP) is 0.969. The standard InChI is InChI=1S/C19H32N4O3S/c1-5-16(2)20-19(24)15-23-11-9-22(10-12-23)14-17-7-6-8-18(13-17)27(25,26)21(3)4/h6-8,13,16H,5,9-12,14-15H2,1-4H3,(H,20,24). The number of benzene rings is 1. The number of piperazine rings is 1. The lowest BCUT2D eigenvalue weighted by Gasteiger charge is -2.34. The van der Waals surface area contributed by atoms with E-state index in [1.165, 1.54) is 4.31 Å². The van der Waals surface area contributed by atoms with Gasteiger partial charge in [-0.1, -0.05) is 19.1 Å². The van der Waals surface area contributed by atoms with Crippen LogP contribution in [0.25, 0.3) is 0 Å². The average Bonchev–Trinajstić information content (AvgIpc) is 2.63. The van der Waals surface area contributed by atoms with Crippen LogP contribution < -0.4 is 5.32 Å². The molecule has 8 heteroatoms. The summed E-state index contributed by atoms with van der Waals surface area (Å²) < 4.78 is 25.8. The molecule has 0 bridgehead atoms. The van der Waals surface area contributed by atoms with Crippen molar-refractivity contribution in [3.8, 4) is 0 Å². The number of carbonyl (C=O) groups is 1. The highest BCUT2D eigenvalue weighted by Crippen LogP contribution is 2.16. The van der Waals surface area contributed by atoms with Gasteiger partial charge in [0.25, 0.3) is 0 Å². The van der Waals surface area contributed by atoms with Gasteiger partial charge in [0.15, 0.2) is 0 Å². The Morgan fingerprint density at radius 3 is 2.41 bits per heavy atom. The summed E-state index contributed by atoms with van der Waals surface area (Å²) in [4.78, 5) is 16.8. The zero-order chi connectivity index (χ0) is 20.0. The summed E-state index contributed by atoms with van der Waals surface area (Å²) in [5.41, 5.74) is 0.987. The van der Waals surface area contributed by atoms with Crippen molar-refractivity contribution in [1.29, 1.82) is 0 Å². The van der Waals surface area contributed by atoms with Crippen LogP contribution in [0.4, 0.5) is 0 Å². The molecule has 1 atom stereocenters. The van der Waals surface area contributed by atoms with Gasteiger partial charge in [0.2, 0.25) is 15.9 Å². The molecule has 1 heterocycles. The van der Waals surface area contributed by atoms with E-state index in [4.69, 9.17) is 0 Å². The zero-order valence-corrected chi connectivity index (χ0v) is 17.6. The number of carbonyl (C=O) groups excluding carboxylic acids is 1. The zero-order valence-electron chi connectivity index (χ0n) is 16.8. The summed E-state index contributed by atoms with van der Waals surface area (Å²) in [7, 11) is -0.332. The molecule has 27 heavy (non-hydrogen) atoms. The summed E-state index contributed by atoms with van der Waals surface area (Å²) in [6.07, 6.45) is 0.933. The normalized spacial score (nSPS) is 17.8. The minimum Gasteiger partial charge on any atom is -0.353 e. The van der Waals surface area contributed by atoms with E-state index in [-0.39, 0.29) is 11.9 Å². The molecule has 7 nitrogen and oxygen atoms in total. The van der Waals surface area contributed by atoms with Crippen LogP contribution in [-0.2, 0) is 21.4 Å². The first-order valence-electron chi connectivity index (χ1n) is 9.48. The number of sulfonamides is 1. The third-order valence-corrected chi connectivity index (χ3v) is 6.75. The van der Waals surface area contributed by atoms with Gasteiger partial charge >= 0.3 is 0 Å². The monoisotopic (exact) mass is 396 g/mol. The van der Waals surface area contributed by atoms with Crippen LogP contribution in [0.5, 0.6) is 0 Å². The first-order valence-corrected chi connectivity index (χ1v) is 10.9. The first kappa shape index (κ1) is 21.8. The lowest BCUT2D eigenvalue weighted by atomic mass is 10.2. The number of hydrogen-bond acceptors (Lipinski definition) is 5. The fourth-order valence-corrected chi connectivity index (χ4v) is 3.98. The van der Waals surface area contributed by atoms with Gasteiger partial charge < -0.3 is 5.32 Å². The molecule has 0 saturated carbocycles. The van der Waals surface area contributed by atoms with Crippen molar-refractivity contribution in [2.75, 3.05) is 46.8 Å². The summed E-state index contributed by atoms with van der Waals surface area (Å²) in [6, 6.07) is 7.35. The van der Waals surface area contributed by atoms with Crippen LogP contribution in [-0.4, -0.2) is 81.3 Å². The van der Waals surface area contributed by atoms with Crippen molar-refractivity contribution in [1.82, 2.24) is 19.4 Å². The molecule has 1 aliphatic heterocycles. The van der Waals surface area contributed by atoms with Crippen LogP contribution in [0.2, 0.25) is 0 Å². The summed E-state index contributed by atoms with van der Waals surface area (Å²) >= 11 is 0. The summed E-state index contributed by atoms with van der Waals surface area (Å²) in [5.74, 6) is 0.0828. The van der Waals surface area contributed by atoms with Gasteiger partial charge in [-0.15, -0.1) is 0 Å². The molecule has 2 rings (SSSR count). The Bertz CT molecular complexity index is 728. The van der Waals surface area contributed by atoms with E-state index < -0.39 is 10.0 Å². The maximum Gasteiger partial charge on any atom is 0.242 e. The first-order chi connectivity index (χ1) is 12.7.